The van der Waals surface area contributed by atoms with Crippen LogP contribution in [0.3, 0.4) is 0 Å². The number of β-amino-alcohol motifs (C(OH)–C–C–N with tert-alkyl or cyclic N) is 1. The van der Waals surface area contributed by atoms with E-state index in [2.05, 4.69) is 4.90 Å². The predicted octanol–water partition coefficient (Wildman–Crippen LogP) is -2.07. The highest BCUT2D eigenvalue weighted by Gasteiger charge is 2.16. The summed E-state index contributed by atoms with van der Waals surface area (Å²) in [5, 5.41) is 19.3. The summed E-state index contributed by atoms with van der Waals surface area (Å²) < 4.78 is 5.25. The second-order valence-corrected chi connectivity index (χ2v) is 4.68. The van der Waals surface area contributed by atoms with Gasteiger partial charge in [0.05, 0.1) is 25.4 Å². The van der Waals surface area contributed by atoms with Crippen LogP contribution in [0.15, 0.2) is 0 Å². The Balaban J connectivity index is 2.16. The van der Waals surface area contributed by atoms with Crippen molar-refractivity contribution in [3.05, 3.63) is 0 Å². The molecule has 0 aromatic carbocycles. The van der Waals surface area contributed by atoms with E-state index in [0.29, 0.717) is 19.6 Å². The van der Waals surface area contributed by atoms with Crippen molar-refractivity contribution in [1.82, 2.24) is 9.80 Å². The molecular formula is C11H25N3O3. The molecule has 0 aromatic rings. The van der Waals surface area contributed by atoms with Gasteiger partial charge < -0.3 is 25.6 Å². The number of morpholine rings is 1. The average molecular weight is 247 g/mol. The molecule has 0 spiro atoms. The summed E-state index contributed by atoms with van der Waals surface area (Å²) in [6, 6.07) is 0. The molecule has 2 atom stereocenters. The number of likely N-dealkylation sites (N-methyl/N-ethyl adjacent to an activating group) is 1. The Morgan fingerprint density at radius 2 is 1.82 bits per heavy atom. The number of nitrogens with two attached hydrogens (primary N) is 1. The van der Waals surface area contributed by atoms with Gasteiger partial charge in [-0.05, 0) is 7.05 Å². The largest absolute Gasteiger partial charge is 0.390 e. The van der Waals surface area contributed by atoms with Crippen molar-refractivity contribution in [2.75, 3.05) is 59.5 Å². The van der Waals surface area contributed by atoms with E-state index in [-0.39, 0.29) is 6.54 Å². The number of rotatable bonds is 7. The zero-order valence-electron chi connectivity index (χ0n) is 10.6. The number of aliphatic hydroxyl groups excluding tert-OH is 2. The Kier molecular flexibility index (Phi) is 6.94. The smallest absolute Gasteiger partial charge is 0.0793 e. The summed E-state index contributed by atoms with van der Waals surface area (Å²) in [4.78, 5) is 4.10. The first kappa shape index (κ1) is 14.8. The first-order valence-electron chi connectivity index (χ1n) is 6.16. The zero-order chi connectivity index (χ0) is 12.7. The van der Waals surface area contributed by atoms with Crippen molar-refractivity contribution in [3.8, 4) is 0 Å². The highest BCUT2D eigenvalue weighted by atomic mass is 16.5. The summed E-state index contributed by atoms with van der Waals surface area (Å²) >= 11 is 0. The Bertz CT molecular complexity index is 200. The average Bonchev–Trinajstić information content (AvgIpc) is 2.29. The maximum atomic E-state index is 9.92. The third-order valence-electron chi connectivity index (χ3n) is 2.89. The van der Waals surface area contributed by atoms with E-state index in [9.17, 15) is 10.2 Å². The lowest BCUT2D eigenvalue weighted by molar-refractivity contribution is 0.00601. The molecule has 0 aliphatic carbocycles. The molecule has 1 aliphatic rings. The van der Waals surface area contributed by atoms with Crippen LogP contribution in [0.2, 0.25) is 0 Å². The number of nitrogens with zero attached hydrogens (tertiary/aromatic N) is 2. The molecule has 0 aromatic heterocycles. The van der Waals surface area contributed by atoms with Crippen LogP contribution in [-0.2, 0) is 4.74 Å². The fraction of sp³-hybridized carbons (Fsp3) is 1.00. The van der Waals surface area contributed by atoms with Crippen LogP contribution in [0.1, 0.15) is 0 Å². The number of hydrogen-bond acceptors (Lipinski definition) is 6. The molecule has 17 heavy (non-hydrogen) atoms. The second-order valence-electron chi connectivity index (χ2n) is 4.68. The summed E-state index contributed by atoms with van der Waals surface area (Å²) in [6.45, 7) is 5.21. The van der Waals surface area contributed by atoms with Gasteiger partial charge in [0, 0.05) is 39.3 Å². The van der Waals surface area contributed by atoms with E-state index in [1.807, 2.05) is 11.9 Å². The molecule has 1 saturated heterocycles. The molecule has 0 bridgehead atoms. The van der Waals surface area contributed by atoms with Gasteiger partial charge in [0.2, 0.25) is 0 Å². The minimum Gasteiger partial charge on any atom is -0.390 e. The van der Waals surface area contributed by atoms with Crippen LogP contribution in [0.4, 0.5) is 0 Å². The van der Waals surface area contributed by atoms with Crippen LogP contribution < -0.4 is 5.73 Å². The van der Waals surface area contributed by atoms with Gasteiger partial charge in [0.25, 0.3) is 0 Å². The van der Waals surface area contributed by atoms with Gasteiger partial charge in [-0.15, -0.1) is 0 Å². The third-order valence-corrected chi connectivity index (χ3v) is 2.89. The highest BCUT2D eigenvalue weighted by molar-refractivity contribution is 4.71. The molecule has 6 nitrogen and oxygen atoms in total. The number of aliphatic hydroxyl groups is 2. The van der Waals surface area contributed by atoms with Crippen molar-refractivity contribution in [2.24, 2.45) is 5.73 Å². The molecule has 6 heteroatoms. The fourth-order valence-electron chi connectivity index (χ4n) is 2.01. The van der Waals surface area contributed by atoms with Gasteiger partial charge in [0.1, 0.15) is 0 Å². The van der Waals surface area contributed by atoms with Gasteiger partial charge in [0.15, 0.2) is 0 Å². The molecule has 4 N–H and O–H groups in total. The van der Waals surface area contributed by atoms with Gasteiger partial charge in [-0.2, -0.15) is 0 Å². The van der Waals surface area contributed by atoms with E-state index in [0.717, 1.165) is 26.3 Å². The van der Waals surface area contributed by atoms with E-state index < -0.39 is 12.2 Å². The first-order chi connectivity index (χ1) is 8.11. The van der Waals surface area contributed by atoms with E-state index >= 15 is 0 Å². The second kappa shape index (κ2) is 7.97. The van der Waals surface area contributed by atoms with Crippen LogP contribution in [0.5, 0.6) is 0 Å². The SMILES string of the molecule is CN(C[C@H](O)CN)C[C@H](O)CN1CCOCC1. The summed E-state index contributed by atoms with van der Waals surface area (Å²) in [5.41, 5.74) is 5.34. The Morgan fingerprint density at radius 3 is 2.41 bits per heavy atom. The molecule has 102 valence electrons. The Hall–Kier alpha value is -0.240. The maximum Gasteiger partial charge on any atom is 0.0793 e. The standard InChI is InChI=1S/C11H25N3O3/c1-13(7-10(15)6-12)8-11(16)9-14-2-4-17-5-3-14/h10-11,15-16H,2-9,12H2,1H3/t10-,11+/m1/s1. The van der Waals surface area contributed by atoms with E-state index in [1.165, 1.54) is 0 Å². The topological polar surface area (TPSA) is 82.2 Å². The highest BCUT2D eigenvalue weighted by Crippen LogP contribution is 2.00. The quantitative estimate of drug-likeness (QED) is 0.479. The summed E-state index contributed by atoms with van der Waals surface area (Å²) in [5.74, 6) is 0. The van der Waals surface area contributed by atoms with Crippen molar-refractivity contribution in [1.29, 1.82) is 0 Å². The number of hydrogen-bond donors (Lipinski definition) is 3. The first-order valence-corrected chi connectivity index (χ1v) is 6.16. The zero-order valence-corrected chi connectivity index (χ0v) is 10.6. The van der Waals surface area contributed by atoms with E-state index in [4.69, 9.17) is 10.5 Å². The molecule has 0 amide bonds. The minimum absolute atomic E-state index is 0.254. The molecule has 1 fully saturated rings. The van der Waals surface area contributed by atoms with Gasteiger partial charge in [-0.1, -0.05) is 0 Å². The molecule has 1 rings (SSSR count). The maximum absolute atomic E-state index is 9.92. The summed E-state index contributed by atoms with van der Waals surface area (Å²) in [7, 11) is 1.88. The van der Waals surface area contributed by atoms with Crippen LogP contribution in [0, 0.1) is 0 Å². The van der Waals surface area contributed by atoms with Crippen molar-refractivity contribution < 1.29 is 14.9 Å². The molecule has 0 saturated carbocycles. The lowest BCUT2D eigenvalue weighted by atomic mass is 10.2. The minimum atomic E-state index is -0.518. The van der Waals surface area contributed by atoms with Crippen LogP contribution in [0.25, 0.3) is 0 Å². The monoisotopic (exact) mass is 247 g/mol. The third kappa shape index (κ3) is 6.30. The predicted molar refractivity (Wildman–Crippen MR) is 65.8 cm³/mol. The van der Waals surface area contributed by atoms with Gasteiger partial charge in [-0.3, -0.25) is 4.90 Å². The van der Waals surface area contributed by atoms with Crippen molar-refractivity contribution >= 4 is 0 Å². The lowest BCUT2D eigenvalue weighted by Gasteiger charge is -2.30. The van der Waals surface area contributed by atoms with Gasteiger partial charge in [-0.25, -0.2) is 0 Å². The Labute approximate surface area is 103 Å². The molecule has 0 radical (unpaired) electrons. The number of ether oxygens (including phenoxy) is 1. The normalized spacial score (nSPS) is 21.7. The van der Waals surface area contributed by atoms with Crippen LogP contribution >= 0.6 is 0 Å². The fourth-order valence-corrected chi connectivity index (χ4v) is 2.01. The van der Waals surface area contributed by atoms with Crippen molar-refractivity contribution in [2.45, 2.75) is 12.2 Å². The van der Waals surface area contributed by atoms with Crippen LogP contribution in [-0.4, -0.2) is 91.8 Å². The Morgan fingerprint density at radius 1 is 1.24 bits per heavy atom. The molecule has 1 heterocycles. The molecular weight excluding hydrogens is 222 g/mol. The van der Waals surface area contributed by atoms with Crippen molar-refractivity contribution in [3.63, 3.8) is 0 Å². The summed E-state index contributed by atoms with van der Waals surface area (Å²) in [6.07, 6.45) is -0.918. The molecule has 1 aliphatic heterocycles. The van der Waals surface area contributed by atoms with Gasteiger partial charge >= 0.3 is 0 Å². The lowest BCUT2D eigenvalue weighted by Crippen LogP contribution is -2.45. The molecule has 0 unspecified atom stereocenters. The van der Waals surface area contributed by atoms with E-state index in [1.54, 1.807) is 0 Å².